The summed E-state index contributed by atoms with van der Waals surface area (Å²) >= 11 is 2.38. The molecule has 0 unspecified atom stereocenters. The number of hydrogen-bond acceptors (Lipinski definition) is 0. The molecule has 0 amide bonds. The quantitative estimate of drug-likeness (QED) is 0.311. The number of benzene rings is 2. The van der Waals surface area contributed by atoms with E-state index in [-0.39, 0.29) is 10.8 Å². The van der Waals surface area contributed by atoms with Gasteiger partial charge in [-0.1, -0.05) is 91.1 Å². The second-order valence-corrected chi connectivity index (χ2v) is 10.4. The Balaban J connectivity index is 2.32. The largest absolute Gasteiger partial charge is 0.0953 e. The Morgan fingerprint density at radius 1 is 0.815 bits per heavy atom. The summed E-state index contributed by atoms with van der Waals surface area (Å²) in [5.41, 5.74) is 7.31. The molecule has 1 heteroatoms. The van der Waals surface area contributed by atoms with E-state index in [0.29, 0.717) is 0 Å². The summed E-state index contributed by atoms with van der Waals surface area (Å²) in [7, 11) is 0. The van der Waals surface area contributed by atoms with Crippen molar-refractivity contribution in [3.8, 4) is 11.1 Å². The van der Waals surface area contributed by atoms with E-state index in [0.717, 1.165) is 16.7 Å². The van der Waals surface area contributed by atoms with Crippen LogP contribution in [-0.4, -0.2) is 0 Å². The fourth-order valence-electron chi connectivity index (χ4n) is 2.65. The Bertz CT molecular complexity index is 866. The van der Waals surface area contributed by atoms with Gasteiger partial charge in [-0.05, 0) is 85.0 Å². The topological polar surface area (TPSA) is 0 Å². The molecule has 2 aromatic rings. The van der Waals surface area contributed by atoms with Crippen LogP contribution in [0.5, 0.6) is 0 Å². The molecule has 0 aromatic heterocycles. The minimum absolute atomic E-state index is 0.0713. The van der Waals surface area contributed by atoms with Gasteiger partial charge >= 0.3 is 0 Å². The molecule has 0 saturated heterocycles. The minimum atomic E-state index is 0.0713. The van der Waals surface area contributed by atoms with Crippen LogP contribution in [0.2, 0.25) is 0 Å². The molecule has 27 heavy (non-hydrogen) atoms. The highest BCUT2D eigenvalue weighted by Gasteiger charge is 2.14. The van der Waals surface area contributed by atoms with Gasteiger partial charge in [0.05, 0.1) is 0 Å². The monoisotopic (exact) mass is 470 g/mol. The summed E-state index contributed by atoms with van der Waals surface area (Å²) in [6.45, 7) is 21.7. The molecule has 0 spiro atoms. The summed E-state index contributed by atoms with van der Waals surface area (Å²) in [5.74, 6) is 0. The highest BCUT2D eigenvalue weighted by molar-refractivity contribution is 14.1. The Hall–Kier alpha value is -1.61. The number of rotatable bonds is 4. The van der Waals surface area contributed by atoms with Crippen LogP contribution in [0.1, 0.15) is 52.7 Å². The average Bonchev–Trinajstić information content (AvgIpc) is 2.57. The first-order valence-electron chi connectivity index (χ1n) is 9.36. The first-order valence-corrected chi connectivity index (χ1v) is 10.4. The van der Waals surface area contributed by atoms with Crippen molar-refractivity contribution in [2.24, 2.45) is 5.41 Å². The molecular formula is C26H31I. The van der Waals surface area contributed by atoms with Crippen molar-refractivity contribution in [1.29, 1.82) is 0 Å². The summed E-state index contributed by atoms with van der Waals surface area (Å²) in [6.07, 6.45) is 4.16. The van der Waals surface area contributed by atoms with Crippen LogP contribution in [0.4, 0.5) is 0 Å². The maximum Gasteiger partial charge on any atom is 0.0142 e. The Kier molecular flexibility index (Phi) is 6.57. The minimum Gasteiger partial charge on any atom is -0.0953 e. The first kappa shape index (κ1) is 21.7. The smallest absolute Gasteiger partial charge is 0.0142 e. The van der Waals surface area contributed by atoms with Gasteiger partial charge in [0.2, 0.25) is 0 Å². The molecule has 0 radical (unpaired) electrons. The molecular weight excluding hydrogens is 439 g/mol. The molecule has 0 fully saturated rings. The van der Waals surface area contributed by atoms with Crippen molar-refractivity contribution in [2.75, 3.05) is 0 Å². The predicted molar refractivity (Wildman–Crippen MR) is 130 cm³/mol. The predicted octanol–water partition coefficient (Wildman–Crippen LogP) is 8.43. The maximum absolute atomic E-state index is 4.27. The Morgan fingerprint density at radius 2 is 1.41 bits per heavy atom. The van der Waals surface area contributed by atoms with Crippen molar-refractivity contribution < 1.29 is 0 Å². The lowest BCUT2D eigenvalue weighted by Crippen LogP contribution is -2.10. The highest BCUT2D eigenvalue weighted by atomic mass is 127. The van der Waals surface area contributed by atoms with Gasteiger partial charge in [-0.2, -0.15) is 0 Å². The summed E-state index contributed by atoms with van der Waals surface area (Å²) in [4.78, 5) is 0. The van der Waals surface area contributed by atoms with Crippen molar-refractivity contribution in [3.63, 3.8) is 0 Å². The molecule has 0 aliphatic heterocycles. The van der Waals surface area contributed by atoms with Crippen LogP contribution in [0.3, 0.4) is 0 Å². The van der Waals surface area contributed by atoms with E-state index in [1.54, 1.807) is 0 Å². The molecule has 2 aromatic carbocycles. The van der Waals surface area contributed by atoms with Gasteiger partial charge in [0, 0.05) is 3.57 Å². The first-order chi connectivity index (χ1) is 12.4. The number of hydrogen-bond donors (Lipinski definition) is 0. The highest BCUT2D eigenvalue weighted by Crippen LogP contribution is 2.30. The van der Waals surface area contributed by atoms with Crippen molar-refractivity contribution in [3.05, 3.63) is 88.0 Å². The fourth-order valence-corrected chi connectivity index (χ4v) is 3.32. The Labute approximate surface area is 179 Å². The third-order valence-electron chi connectivity index (χ3n) is 4.80. The summed E-state index contributed by atoms with van der Waals surface area (Å²) in [6, 6.07) is 15.5. The van der Waals surface area contributed by atoms with Gasteiger partial charge in [0.15, 0.2) is 0 Å². The molecule has 0 bridgehead atoms. The van der Waals surface area contributed by atoms with Crippen LogP contribution in [0, 0.1) is 8.99 Å². The molecule has 142 valence electrons. The third-order valence-corrected chi connectivity index (χ3v) is 5.42. The Morgan fingerprint density at radius 3 is 1.93 bits per heavy atom. The molecule has 0 atom stereocenters. The van der Waals surface area contributed by atoms with Gasteiger partial charge in [-0.3, -0.25) is 0 Å². The maximum atomic E-state index is 4.27. The van der Waals surface area contributed by atoms with E-state index in [9.17, 15) is 0 Å². The molecule has 0 nitrogen and oxygen atoms in total. The lowest BCUT2D eigenvalue weighted by atomic mass is 9.86. The normalized spacial score (nSPS) is 12.4. The van der Waals surface area contributed by atoms with Crippen LogP contribution in [0.15, 0.2) is 73.3 Å². The van der Waals surface area contributed by atoms with E-state index < -0.39 is 0 Å². The summed E-state index contributed by atoms with van der Waals surface area (Å²) in [5, 5.41) is 0. The second kappa shape index (κ2) is 8.18. The van der Waals surface area contributed by atoms with Crippen LogP contribution in [0.25, 0.3) is 16.7 Å². The van der Waals surface area contributed by atoms with E-state index in [4.69, 9.17) is 0 Å². The number of allylic oxidation sites excluding steroid dienone is 4. The molecule has 0 aliphatic rings. The zero-order valence-electron chi connectivity index (χ0n) is 17.5. The zero-order valence-corrected chi connectivity index (χ0v) is 19.6. The molecule has 0 N–H and O–H groups in total. The van der Waals surface area contributed by atoms with E-state index in [1.165, 1.54) is 20.3 Å². The van der Waals surface area contributed by atoms with Gasteiger partial charge in [-0.25, -0.2) is 0 Å². The lowest BCUT2D eigenvalue weighted by molar-refractivity contribution is 0.519. The van der Waals surface area contributed by atoms with Gasteiger partial charge in [-0.15, -0.1) is 0 Å². The molecule has 0 saturated carbocycles. The third kappa shape index (κ3) is 5.93. The average molecular weight is 470 g/mol. The van der Waals surface area contributed by atoms with E-state index >= 15 is 0 Å². The molecule has 2 rings (SSSR count). The SMILES string of the molecule is C=C(/C=C\C(=C)C(C)(C)C)c1cc(I)cc(-c2ccc(C(C)(C)C)cc2)c1. The van der Waals surface area contributed by atoms with Crippen LogP contribution in [-0.2, 0) is 5.41 Å². The van der Waals surface area contributed by atoms with E-state index in [2.05, 4.69) is 132 Å². The standard InChI is InChI=1S/C26H31I/c1-18(9-10-19(2)25(3,4)5)21-15-22(17-24(27)16-21)20-11-13-23(14-12-20)26(6,7)8/h9-17H,1-2H2,3-8H3/b10-9-. The van der Waals surface area contributed by atoms with E-state index in [1.807, 2.05) is 0 Å². The van der Waals surface area contributed by atoms with Crippen LogP contribution < -0.4 is 0 Å². The zero-order chi connectivity index (χ0) is 20.4. The van der Waals surface area contributed by atoms with Crippen LogP contribution >= 0.6 is 22.6 Å². The van der Waals surface area contributed by atoms with Gasteiger partial charge < -0.3 is 0 Å². The molecule has 0 heterocycles. The van der Waals surface area contributed by atoms with Gasteiger partial charge in [0.25, 0.3) is 0 Å². The fraction of sp³-hybridized carbons (Fsp3) is 0.308. The number of halogens is 1. The summed E-state index contributed by atoms with van der Waals surface area (Å²) < 4.78 is 1.21. The molecule has 0 aliphatic carbocycles. The second-order valence-electron chi connectivity index (χ2n) is 9.19. The van der Waals surface area contributed by atoms with Crippen molar-refractivity contribution >= 4 is 28.2 Å². The van der Waals surface area contributed by atoms with Crippen molar-refractivity contribution in [2.45, 2.75) is 47.0 Å². The van der Waals surface area contributed by atoms with Gasteiger partial charge in [0.1, 0.15) is 0 Å². The van der Waals surface area contributed by atoms with Crippen molar-refractivity contribution in [1.82, 2.24) is 0 Å². The lowest BCUT2D eigenvalue weighted by Gasteiger charge is -2.19.